The summed E-state index contributed by atoms with van der Waals surface area (Å²) in [4.78, 5) is 11.4. The van der Waals surface area contributed by atoms with Gasteiger partial charge >= 0.3 is 0 Å². The number of ketones is 1. The standard InChI is InChI=1S/C12H10Cl2O/c1-2-3-4-11(15)7-9-5-6-10(13)8-12(9)14/h5-6,8H,4,7H2,1H3. The molecule has 0 aliphatic heterocycles. The van der Waals surface area contributed by atoms with Gasteiger partial charge in [0.1, 0.15) is 5.78 Å². The van der Waals surface area contributed by atoms with Crippen molar-refractivity contribution in [1.29, 1.82) is 0 Å². The van der Waals surface area contributed by atoms with Crippen LogP contribution in [0.25, 0.3) is 0 Å². The van der Waals surface area contributed by atoms with Crippen LogP contribution in [0.3, 0.4) is 0 Å². The lowest BCUT2D eigenvalue weighted by molar-refractivity contribution is -0.117. The average Bonchev–Trinajstić information content (AvgIpc) is 2.19. The maximum Gasteiger partial charge on any atom is 0.149 e. The van der Waals surface area contributed by atoms with Crippen LogP contribution in [0.2, 0.25) is 10.0 Å². The average molecular weight is 241 g/mol. The zero-order chi connectivity index (χ0) is 11.3. The van der Waals surface area contributed by atoms with Gasteiger partial charge in [-0.05, 0) is 24.6 Å². The van der Waals surface area contributed by atoms with Gasteiger partial charge in [0.05, 0.1) is 6.42 Å². The molecule has 1 aromatic carbocycles. The molecule has 0 aromatic heterocycles. The molecule has 0 aliphatic rings. The Morgan fingerprint density at radius 2 is 2.13 bits per heavy atom. The number of carbonyl (C=O) groups is 1. The maximum atomic E-state index is 11.4. The molecule has 0 saturated carbocycles. The highest BCUT2D eigenvalue weighted by atomic mass is 35.5. The Hall–Kier alpha value is -0.970. The van der Waals surface area contributed by atoms with Gasteiger partial charge in [-0.2, -0.15) is 0 Å². The fraction of sp³-hybridized carbons (Fsp3) is 0.250. The van der Waals surface area contributed by atoms with E-state index in [0.29, 0.717) is 16.5 Å². The summed E-state index contributed by atoms with van der Waals surface area (Å²) in [6, 6.07) is 5.13. The highest BCUT2D eigenvalue weighted by Gasteiger charge is 2.06. The van der Waals surface area contributed by atoms with Gasteiger partial charge in [0.25, 0.3) is 0 Å². The third-order valence-corrected chi connectivity index (χ3v) is 2.45. The Morgan fingerprint density at radius 3 is 2.73 bits per heavy atom. The SMILES string of the molecule is CC#CCC(=O)Cc1ccc(Cl)cc1Cl. The first-order valence-corrected chi connectivity index (χ1v) is 5.24. The summed E-state index contributed by atoms with van der Waals surface area (Å²) >= 11 is 11.7. The fourth-order valence-electron chi connectivity index (χ4n) is 1.13. The van der Waals surface area contributed by atoms with E-state index in [1.807, 2.05) is 0 Å². The van der Waals surface area contributed by atoms with E-state index < -0.39 is 0 Å². The van der Waals surface area contributed by atoms with Gasteiger partial charge in [-0.25, -0.2) is 0 Å². The Morgan fingerprint density at radius 1 is 1.40 bits per heavy atom. The summed E-state index contributed by atoms with van der Waals surface area (Å²) < 4.78 is 0. The Balaban J connectivity index is 2.71. The predicted molar refractivity (Wildman–Crippen MR) is 63.2 cm³/mol. The molecule has 1 rings (SSSR count). The molecule has 0 fully saturated rings. The Labute approximate surface area is 99.4 Å². The number of carbonyl (C=O) groups excluding carboxylic acids is 1. The van der Waals surface area contributed by atoms with Crippen molar-refractivity contribution < 1.29 is 4.79 Å². The van der Waals surface area contributed by atoms with Crippen LogP contribution in [0, 0.1) is 11.8 Å². The van der Waals surface area contributed by atoms with Crippen molar-refractivity contribution in [2.24, 2.45) is 0 Å². The van der Waals surface area contributed by atoms with Crippen LogP contribution in [-0.4, -0.2) is 5.78 Å². The summed E-state index contributed by atoms with van der Waals surface area (Å²) in [5.41, 5.74) is 0.795. The lowest BCUT2D eigenvalue weighted by atomic mass is 10.1. The first-order valence-electron chi connectivity index (χ1n) is 4.48. The van der Waals surface area contributed by atoms with Crippen molar-refractivity contribution in [1.82, 2.24) is 0 Å². The van der Waals surface area contributed by atoms with Gasteiger partial charge in [-0.15, -0.1) is 5.92 Å². The molecule has 0 aliphatic carbocycles. The van der Waals surface area contributed by atoms with Gasteiger partial charge in [-0.1, -0.05) is 35.2 Å². The molecule has 0 spiro atoms. The number of hydrogen-bond acceptors (Lipinski definition) is 1. The highest BCUT2D eigenvalue weighted by Crippen LogP contribution is 2.21. The van der Waals surface area contributed by atoms with Gasteiger partial charge in [-0.3, -0.25) is 4.79 Å². The molecular formula is C12H10Cl2O. The molecule has 1 nitrogen and oxygen atoms in total. The summed E-state index contributed by atoms with van der Waals surface area (Å²) in [6.45, 7) is 1.71. The molecule has 1 aromatic rings. The first kappa shape index (κ1) is 12.1. The van der Waals surface area contributed by atoms with Crippen LogP contribution in [0.4, 0.5) is 0 Å². The van der Waals surface area contributed by atoms with Crippen molar-refractivity contribution in [2.75, 3.05) is 0 Å². The van der Waals surface area contributed by atoms with Gasteiger partial charge in [0.2, 0.25) is 0 Å². The molecule has 15 heavy (non-hydrogen) atoms. The van der Waals surface area contributed by atoms with E-state index in [1.54, 1.807) is 25.1 Å². The quantitative estimate of drug-likeness (QED) is 0.740. The molecular weight excluding hydrogens is 231 g/mol. The molecule has 0 amide bonds. The van der Waals surface area contributed by atoms with E-state index in [-0.39, 0.29) is 12.2 Å². The third kappa shape index (κ3) is 3.95. The van der Waals surface area contributed by atoms with Crippen molar-refractivity contribution in [3.05, 3.63) is 33.8 Å². The predicted octanol–water partition coefficient (Wildman–Crippen LogP) is 3.52. The molecule has 0 N–H and O–H groups in total. The molecule has 0 saturated heterocycles. The van der Waals surface area contributed by atoms with E-state index in [1.165, 1.54) is 0 Å². The van der Waals surface area contributed by atoms with Crippen LogP contribution >= 0.6 is 23.2 Å². The van der Waals surface area contributed by atoms with Crippen LogP contribution in [-0.2, 0) is 11.2 Å². The fourth-order valence-corrected chi connectivity index (χ4v) is 1.60. The summed E-state index contributed by atoms with van der Waals surface area (Å²) in [5.74, 6) is 5.48. The third-order valence-electron chi connectivity index (χ3n) is 1.87. The van der Waals surface area contributed by atoms with E-state index in [9.17, 15) is 4.79 Å². The van der Waals surface area contributed by atoms with Crippen molar-refractivity contribution in [2.45, 2.75) is 19.8 Å². The van der Waals surface area contributed by atoms with Crippen LogP contribution in [0.5, 0.6) is 0 Å². The van der Waals surface area contributed by atoms with Crippen LogP contribution in [0.15, 0.2) is 18.2 Å². The number of benzene rings is 1. The summed E-state index contributed by atoms with van der Waals surface area (Å²) in [7, 11) is 0. The van der Waals surface area contributed by atoms with Gasteiger partial charge < -0.3 is 0 Å². The minimum absolute atomic E-state index is 0.0635. The van der Waals surface area contributed by atoms with E-state index >= 15 is 0 Å². The van der Waals surface area contributed by atoms with Crippen molar-refractivity contribution >= 4 is 29.0 Å². The Bertz CT molecular complexity index is 427. The molecule has 78 valence electrons. The molecule has 0 bridgehead atoms. The van der Waals surface area contributed by atoms with Gasteiger partial charge in [0, 0.05) is 16.5 Å². The second kappa shape index (κ2) is 5.80. The molecule has 0 radical (unpaired) electrons. The van der Waals surface area contributed by atoms with E-state index in [4.69, 9.17) is 23.2 Å². The zero-order valence-electron chi connectivity index (χ0n) is 8.31. The maximum absolute atomic E-state index is 11.4. The minimum atomic E-state index is 0.0635. The highest BCUT2D eigenvalue weighted by molar-refractivity contribution is 6.35. The second-order valence-electron chi connectivity index (χ2n) is 3.05. The molecule has 0 unspecified atom stereocenters. The van der Waals surface area contributed by atoms with E-state index in [2.05, 4.69) is 11.8 Å². The minimum Gasteiger partial charge on any atom is -0.298 e. The van der Waals surface area contributed by atoms with Gasteiger partial charge in [0.15, 0.2) is 0 Å². The van der Waals surface area contributed by atoms with Crippen LogP contribution in [0.1, 0.15) is 18.9 Å². The molecule has 0 atom stereocenters. The largest absolute Gasteiger partial charge is 0.298 e. The second-order valence-corrected chi connectivity index (χ2v) is 3.90. The molecule has 0 heterocycles. The normalized spacial score (nSPS) is 9.27. The van der Waals surface area contributed by atoms with Crippen LogP contribution < -0.4 is 0 Å². The van der Waals surface area contributed by atoms with E-state index in [0.717, 1.165) is 5.56 Å². The summed E-state index contributed by atoms with van der Waals surface area (Å²) in [6.07, 6.45) is 0.583. The lowest BCUT2D eigenvalue weighted by Crippen LogP contribution is -2.01. The molecule has 3 heteroatoms. The monoisotopic (exact) mass is 240 g/mol. The zero-order valence-corrected chi connectivity index (χ0v) is 9.82. The number of hydrogen-bond donors (Lipinski definition) is 0. The number of halogens is 2. The Kier molecular flexibility index (Phi) is 4.68. The summed E-state index contributed by atoms with van der Waals surface area (Å²) in [5, 5.41) is 1.10. The first-order chi connectivity index (χ1) is 7.13. The topological polar surface area (TPSA) is 17.1 Å². The number of rotatable bonds is 3. The lowest BCUT2D eigenvalue weighted by Gasteiger charge is -2.02. The number of Topliss-reactive ketones (excluding diaryl/α,β-unsaturated/α-hetero) is 1. The van der Waals surface area contributed by atoms with Crippen molar-refractivity contribution in [3.63, 3.8) is 0 Å². The smallest absolute Gasteiger partial charge is 0.149 e. The van der Waals surface area contributed by atoms with Crippen molar-refractivity contribution in [3.8, 4) is 11.8 Å².